The van der Waals surface area contributed by atoms with Crippen molar-refractivity contribution in [2.45, 2.75) is 31.8 Å². The SMILES string of the molecule is CCn1ncc(Cl)c1C(=O)N1N=CC[C@@]1(O)C(F)(F)F. The quantitative estimate of drug-likeness (QED) is 0.902. The molecular formula is C10H10ClF3N4O2. The van der Waals surface area contributed by atoms with Crippen molar-refractivity contribution in [1.82, 2.24) is 14.8 Å². The molecular weight excluding hydrogens is 301 g/mol. The second-order valence-electron chi connectivity index (χ2n) is 4.09. The van der Waals surface area contributed by atoms with Crippen molar-refractivity contribution < 1.29 is 23.1 Å². The van der Waals surface area contributed by atoms with Crippen LogP contribution in [0.1, 0.15) is 23.8 Å². The van der Waals surface area contributed by atoms with Gasteiger partial charge in [-0.3, -0.25) is 9.48 Å². The van der Waals surface area contributed by atoms with E-state index in [0.717, 1.165) is 17.1 Å². The van der Waals surface area contributed by atoms with Gasteiger partial charge in [0.05, 0.1) is 11.2 Å². The molecule has 1 atom stereocenters. The maximum Gasteiger partial charge on any atom is 0.438 e. The van der Waals surface area contributed by atoms with Crippen molar-refractivity contribution in [3.8, 4) is 0 Å². The molecule has 1 N–H and O–H groups in total. The first kappa shape index (κ1) is 14.8. The molecule has 0 radical (unpaired) electrons. The highest BCUT2D eigenvalue weighted by Crippen LogP contribution is 2.39. The molecule has 0 bridgehead atoms. The van der Waals surface area contributed by atoms with Crippen molar-refractivity contribution in [1.29, 1.82) is 0 Å². The molecule has 0 unspecified atom stereocenters. The van der Waals surface area contributed by atoms with Gasteiger partial charge in [0.15, 0.2) is 0 Å². The van der Waals surface area contributed by atoms with Crippen LogP contribution < -0.4 is 0 Å². The number of hydrogen-bond acceptors (Lipinski definition) is 4. The van der Waals surface area contributed by atoms with Crippen LogP contribution in [0.25, 0.3) is 0 Å². The molecule has 0 spiro atoms. The van der Waals surface area contributed by atoms with E-state index < -0.39 is 24.2 Å². The summed E-state index contributed by atoms with van der Waals surface area (Å²) in [6, 6.07) is 0. The fraction of sp³-hybridized carbons (Fsp3) is 0.500. The number of hydrazone groups is 1. The van der Waals surface area contributed by atoms with Crippen LogP contribution in [0.15, 0.2) is 11.3 Å². The van der Waals surface area contributed by atoms with Crippen LogP contribution in [0.5, 0.6) is 0 Å². The molecule has 2 heterocycles. The minimum atomic E-state index is -5.04. The van der Waals surface area contributed by atoms with Gasteiger partial charge in [0.25, 0.3) is 11.6 Å². The van der Waals surface area contributed by atoms with Crippen LogP contribution >= 0.6 is 11.6 Å². The van der Waals surface area contributed by atoms with Crippen molar-refractivity contribution in [2.24, 2.45) is 5.10 Å². The summed E-state index contributed by atoms with van der Waals surface area (Å²) in [5.74, 6) is -1.16. The van der Waals surface area contributed by atoms with Crippen LogP contribution in [0.2, 0.25) is 5.02 Å². The fourth-order valence-corrected chi connectivity index (χ4v) is 2.03. The monoisotopic (exact) mass is 310 g/mol. The molecule has 0 saturated heterocycles. The van der Waals surface area contributed by atoms with Crippen LogP contribution in [0.4, 0.5) is 13.2 Å². The average Bonchev–Trinajstić information content (AvgIpc) is 2.92. The molecule has 10 heteroatoms. The van der Waals surface area contributed by atoms with Crippen LogP contribution in [0, 0.1) is 0 Å². The maximum atomic E-state index is 12.9. The van der Waals surface area contributed by atoms with Crippen LogP contribution in [-0.4, -0.2) is 43.9 Å². The zero-order valence-corrected chi connectivity index (χ0v) is 11.0. The zero-order valence-electron chi connectivity index (χ0n) is 10.2. The van der Waals surface area contributed by atoms with Gasteiger partial charge in [-0.25, -0.2) is 0 Å². The molecule has 0 saturated carbocycles. The van der Waals surface area contributed by atoms with Crippen molar-refractivity contribution >= 4 is 23.7 Å². The number of nitrogens with zero attached hydrogens (tertiary/aromatic N) is 4. The van der Waals surface area contributed by atoms with Gasteiger partial charge in [0, 0.05) is 19.2 Å². The van der Waals surface area contributed by atoms with E-state index in [9.17, 15) is 23.1 Å². The molecule has 1 aromatic rings. The Balaban J connectivity index is 2.43. The third-order valence-electron chi connectivity index (χ3n) is 2.87. The van der Waals surface area contributed by atoms with Crippen molar-refractivity contribution in [3.05, 3.63) is 16.9 Å². The van der Waals surface area contributed by atoms with Gasteiger partial charge in [-0.15, -0.1) is 0 Å². The Morgan fingerprint density at radius 2 is 2.25 bits per heavy atom. The fourth-order valence-electron chi connectivity index (χ4n) is 1.80. The molecule has 20 heavy (non-hydrogen) atoms. The summed E-state index contributed by atoms with van der Waals surface area (Å²) in [6.07, 6.45) is -3.90. The number of aromatic nitrogens is 2. The number of carbonyl (C=O) groups is 1. The standard InChI is InChI=1S/C10H10ClF3N4O2/c1-2-17-7(6(11)5-16-17)8(19)18-9(20,3-4-15-18)10(12,13)14/h4-5,20H,2-3H2,1H3/t9-/m1/s1. The van der Waals surface area contributed by atoms with Gasteiger partial charge in [-0.1, -0.05) is 11.6 Å². The zero-order chi connectivity index (χ0) is 15.1. The summed E-state index contributed by atoms with van der Waals surface area (Å²) in [4.78, 5) is 12.2. The molecule has 0 aromatic carbocycles. The number of aryl methyl sites for hydroxylation is 1. The number of halogens is 4. The minimum Gasteiger partial charge on any atom is -0.362 e. The molecule has 0 aliphatic carbocycles. The highest BCUT2D eigenvalue weighted by molar-refractivity contribution is 6.33. The lowest BCUT2D eigenvalue weighted by atomic mass is 10.1. The lowest BCUT2D eigenvalue weighted by Gasteiger charge is -2.32. The van der Waals surface area contributed by atoms with E-state index in [1.165, 1.54) is 0 Å². The molecule has 1 aliphatic rings. The van der Waals surface area contributed by atoms with E-state index in [0.29, 0.717) is 0 Å². The Hall–Kier alpha value is -1.61. The number of alkyl halides is 3. The van der Waals surface area contributed by atoms with E-state index >= 15 is 0 Å². The normalized spacial score (nSPS) is 22.6. The molecule has 1 aliphatic heterocycles. The minimum absolute atomic E-state index is 0.0119. The first-order valence-corrected chi connectivity index (χ1v) is 5.97. The Bertz CT molecular complexity index is 571. The number of carbonyl (C=O) groups excluding carboxylic acids is 1. The number of amides is 1. The van der Waals surface area contributed by atoms with Gasteiger partial charge < -0.3 is 5.11 Å². The highest BCUT2D eigenvalue weighted by Gasteiger charge is 2.62. The second kappa shape index (κ2) is 4.74. The van der Waals surface area contributed by atoms with Gasteiger partial charge in [-0.05, 0) is 6.92 Å². The predicted octanol–water partition coefficient (Wildman–Crippen LogP) is 1.64. The predicted molar refractivity (Wildman–Crippen MR) is 63.2 cm³/mol. The second-order valence-corrected chi connectivity index (χ2v) is 4.50. The van der Waals surface area contributed by atoms with Crippen LogP contribution in [-0.2, 0) is 6.54 Å². The summed E-state index contributed by atoms with van der Waals surface area (Å²) in [6.45, 7) is 1.87. The molecule has 6 nitrogen and oxygen atoms in total. The van der Waals surface area contributed by atoms with E-state index in [1.54, 1.807) is 6.92 Å². The largest absolute Gasteiger partial charge is 0.438 e. The van der Waals surface area contributed by atoms with Gasteiger partial charge in [0.1, 0.15) is 5.69 Å². The molecule has 0 fully saturated rings. The van der Waals surface area contributed by atoms with E-state index in [4.69, 9.17) is 11.6 Å². The summed E-state index contributed by atoms with van der Waals surface area (Å²) in [5, 5.41) is 16.6. The third-order valence-corrected chi connectivity index (χ3v) is 3.14. The maximum absolute atomic E-state index is 12.9. The first-order chi connectivity index (χ1) is 9.22. The van der Waals surface area contributed by atoms with Crippen molar-refractivity contribution in [3.63, 3.8) is 0 Å². The lowest BCUT2D eigenvalue weighted by Crippen LogP contribution is -2.56. The van der Waals surface area contributed by atoms with E-state index in [-0.39, 0.29) is 22.3 Å². The van der Waals surface area contributed by atoms with E-state index in [2.05, 4.69) is 10.2 Å². The number of aliphatic hydroxyl groups is 1. The lowest BCUT2D eigenvalue weighted by molar-refractivity contribution is -0.297. The van der Waals surface area contributed by atoms with E-state index in [1.807, 2.05) is 0 Å². The summed E-state index contributed by atoms with van der Waals surface area (Å²) in [5.41, 5.74) is -3.62. The Kier molecular flexibility index (Phi) is 3.51. The first-order valence-electron chi connectivity index (χ1n) is 5.59. The Labute approximate surface area is 116 Å². The van der Waals surface area contributed by atoms with Crippen molar-refractivity contribution in [2.75, 3.05) is 0 Å². The summed E-state index contributed by atoms with van der Waals surface area (Å²) in [7, 11) is 0. The Morgan fingerprint density at radius 3 is 2.80 bits per heavy atom. The average molecular weight is 311 g/mol. The smallest absolute Gasteiger partial charge is 0.362 e. The summed E-state index contributed by atoms with van der Waals surface area (Å²) >= 11 is 5.76. The molecule has 2 rings (SSSR count). The Morgan fingerprint density at radius 1 is 1.60 bits per heavy atom. The molecule has 110 valence electrons. The number of hydrogen-bond donors (Lipinski definition) is 1. The number of rotatable bonds is 2. The molecule has 1 amide bonds. The van der Waals surface area contributed by atoms with Gasteiger partial charge in [-0.2, -0.15) is 28.4 Å². The molecule has 1 aromatic heterocycles. The van der Waals surface area contributed by atoms with Crippen LogP contribution in [0.3, 0.4) is 0 Å². The summed E-state index contributed by atoms with van der Waals surface area (Å²) < 4.78 is 39.8. The highest BCUT2D eigenvalue weighted by atomic mass is 35.5. The van der Waals surface area contributed by atoms with Gasteiger partial charge >= 0.3 is 6.18 Å². The third kappa shape index (κ3) is 2.06. The topological polar surface area (TPSA) is 70.7 Å². The van der Waals surface area contributed by atoms with Gasteiger partial charge in [0.2, 0.25) is 0 Å².